The summed E-state index contributed by atoms with van der Waals surface area (Å²) in [6, 6.07) is 12.8. The second kappa shape index (κ2) is 5.55. The van der Waals surface area contributed by atoms with Gasteiger partial charge in [-0.25, -0.2) is 0 Å². The molecule has 0 fully saturated rings. The second-order valence-corrected chi connectivity index (χ2v) is 5.06. The van der Waals surface area contributed by atoms with Gasteiger partial charge in [-0.3, -0.25) is 4.79 Å². The van der Waals surface area contributed by atoms with E-state index in [1.807, 2.05) is 31.2 Å². The molecule has 0 radical (unpaired) electrons. The SMILES string of the molecule is Cc1ccccc1CC(=O)c1cc(Cl)cc(Cl)c1. The Labute approximate surface area is 116 Å². The maximum atomic E-state index is 12.2. The second-order valence-electron chi connectivity index (χ2n) is 4.18. The standard InChI is InChI=1S/C15H12Cl2O/c1-10-4-2-3-5-11(10)8-15(18)12-6-13(16)9-14(17)7-12/h2-7,9H,8H2,1H3. The highest BCUT2D eigenvalue weighted by atomic mass is 35.5. The lowest BCUT2D eigenvalue weighted by atomic mass is 10.00. The number of hydrogen-bond acceptors (Lipinski definition) is 1. The molecule has 0 atom stereocenters. The van der Waals surface area contributed by atoms with Crippen LogP contribution in [0.5, 0.6) is 0 Å². The Bertz CT molecular complexity index is 571. The highest BCUT2D eigenvalue weighted by molar-refractivity contribution is 6.35. The zero-order chi connectivity index (χ0) is 13.1. The third kappa shape index (κ3) is 3.12. The molecule has 0 heterocycles. The fourth-order valence-electron chi connectivity index (χ4n) is 1.80. The van der Waals surface area contributed by atoms with E-state index in [1.54, 1.807) is 18.2 Å². The Morgan fingerprint density at radius 2 is 1.67 bits per heavy atom. The summed E-state index contributed by atoms with van der Waals surface area (Å²) in [6.07, 6.45) is 0.364. The highest BCUT2D eigenvalue weighted by Gasteiger charge is 2.10. The van der Waals surface area contributed by atoms with Crippen LogP contribution >= 0.6 is 23.2 Å². The molecule has 0 aliphatic rings. The van der Waals surface area contributed by atoms with Gasteiger partial charge >= 0.3 is 0 Å². The van der Waals surface area contributed by atoms with Crippen LogP contribution in [0.15, 0.2) is 42.5 Å². The first-order valence-corrected chi connectivity index (χ1v) is 6.35. The molecule has 0 saturated heterocycles. The summed E-state index contributed by atoms with van der Waals surface area (Å²) in [4.78, 5) is 12.2. The minimum atomic E-state index is 0.0219. The van der Waals surface area contributed by atoms with E-state index in [4.69, 9.17) is 23.2 Å². The van der Waals surface area contributed by atoms with Gasteiger partial charge in [-0.15, -0.1) is 0 Å². The maximum absolute atomic E-state index is 12.2. The first-order valence-electron chi connectivity index (χ1n) is 5.60. The average molecular weight is 279 g/mol. The predicted octanol–water partition coefficient (Wildman–Crippen LogP) is 4.73. The Hall–Kier alpha value is -1.31. The highest BCUT2D eigenvalue weighted by Crippen LogP contribution is 2.20. The molecule has 2 rings (SSSR count). The normalized spacial score (nSPS) is 10.4. The van der Waals surface area contributed by atoms with Crippen molar-refractivity contribution in [1.29, 1.82) is 0 Å². The Kier molecular flexibility index (Phi) is 4.05. The van der Waals surface area contributed by atoms with Gasteiger partial charge in [0.25, 0.3) is 0 Å². The Balaban J connectivity index is 2.25. The molecule has 0 spiro atoms. The molecule has 0 aliphatic heterocycles. The molecule has 2 aromatic carbocycles. The van der Waals surface area contributed by atoms with Crippen molar-refractivity contribution in [2.24, 2.45) is 0 Å². The lowest BCUT2D eigenvalue weighted by molar-refractivity contribution is 0.0993. The molecule has 2 aromatic rings. The van der Waals surface area contributed by atoms with Gasteiger partial charge in [-0.2, -0.15) is 0 Å². The van der Waals surface area contributed by atoms with Crippen LogP contribution in [0, 0.1) is 6.92 Å². The number of ketones is 1. The van der Waals surface area contributed by atoms with Gasteiger partial charge in [0.15, 0.2) is 5.78 Å². The van der Waals surface area contributed by atoms with E-state index in [0.29, 0.717) is 22.0 Å². The summed E-state index contributed by atoms with van der Waals surface area (Å²) in [6.45, 7) is 1.99. The van der Waals surface area contributed by atoms with E-state index in [1.165, 1.54) is 0 Å². The summed E-state index contributed by atoms with van der Waals surface area (Å²) >= 11 is 11.8. The number of rotatable bonds is 3. The molecule has 1 nitrogen and oxygen atoms in total. The molecule has 0 amide bonds. The van der Waals surface area contributed by atoms with Crippen molar-refractivity contribution in [3.8, 4) is 0 Å². The number of carbonyl (C=O) groups excluding carboxylic acids is 1. The lowest BCUT2D eigenvalue weighted by Gasteiger charge is -2.05. The number of carbonyl (C=O) groups is 1. The zero-order valence-electron chi connectivity index (χ0n) is 9.91. The third-order valence-electron chi connectivity index (χ3n) is 2.80. The van der Waals surface area contributed by atoms with Gasteiger partial charge in [-0.05, 0) is 36.2 Å². The minimum Gasteiger partial charge on any atom is -0.294 e. The summed E-state index contributed by atoms with van der Waals surface area (Å²) in [7, 11) is 0. The van der Waals surface area contributed by atoms with Crippen LogP contribution in [0.2, 0.25) is 10.0 Å². The lowest BCUT2D eigenvalue weighted by Crippen LogP contribution is -2.04. The van der Waals surface area contributed by atoms with Gasteiger partial charge in [0.1, 0.15) is 0 Å². The molecule has 0 N–H and O–H groups in total. The van der Waals surface area contributed by atoms with E-state index in [-0.39, 0.29) is 5.78 Å². The molecule has 92 valence electrons. The topological polar surface area (TPSA) is 17.1 Å². The quantitative estimate of drug-likeness (QED) is 0.742. The number of halogens is 2. The van der Waals surface area contributed by atoms with Crippen LogP contribution in [-0.4, -0.2) is 5.78 Å². The largest absolute Gasteiger partial charge is 0.294 e. The van der Waals surface area contributed by atoms with Crippen LogP contribution in [0.25, 0.3) is 0 Å². The molecule has 0 saturated carbocycles. The number of hydrogen-bond donors (Lipinski definition) is 0. The maximum Gasteiger partial charge on any atom is 0.167 e. The van der Waals surface area contributed by atoms with Crippen molar-refractivity contribution in [2.45, 2.75) is 13.3 Å². The van der Waals surface area contributed by atoms with Crippen molar-refractivity contribution < 1.29 is 4.79 Å². The molecule has 0 aromatic heterocycles. The number of aryl methyl sites for hydroxylation is 1. The van der Waals surface area contributed by atoms with Gasteiger partial charge in [0, 0.05) is 22.0 Å². The van der Waals surface area contributed by atoms with Gasteiger partial charge < -0.3 is 0 Å². The summed E-state index contributed by atoms with van der Waals surface area (Å²) < 4.78 is 0. The monoisotopic (exact) mass is 278 g/mol. The van der Waals surface area contributed by atoms with E-state index < -0.39 is 0 Å². The third-order valence-corrected chi connectivity index (χ3v) is 3.23. The Morgan fingerprint density at radius 3 is 2.28 bits per heavy atom. The van der Waals surface area contributed by atoms with Gasteiger partial charge in [-0.1, -0.05) is 47.5 Å². The minimum absolute atomic E-state index is 0.0219. The van der Waals surface area contributed by atoms with E-state index >= 15 is 0 Å². The first-order chi connectivity index (χ1) is 8.56. The summed E-state index contributed by atoms with van der Waals surface area (Å²) in [5, 5.41) is 0.964. The van der Waals surface area contributed by atoms with Gasteiger partial charge in [0.2, 0.25) is 0 Å². The van der Waals surface area contributed by atoms with E-state index in [0.717, 1.165) is 11.1 Å². The van der Waals surface area contributed by atoms with Crippen LogP contribution in [0.1, 0.15) is 21.5 Å². The average Bonchev–Trinajstić information content (AvgIpc) is 2.31. The predicted molar refractivity (Wildman–Crippen MR) is 75.7 cm³/mol. The molecule has 0 aliphatic carbocycles. The van der Waals surface area contributed by atoms with Crippen molar-refractivity contribution in [3.05, 3.63) is 69.2 Å². The molecule has 3 heteroatoms. The van der Waals surface area contributed by atoms with E-state index in [2.05, 4.69) is 0 Å². The fraction of sp³-hybridized carbons (Fsp3) is 0.133. The Morgan fingerprint density at radius 1 is 1.06 bits per heavy atom. The van der Waals surface area contributed by atoms with Crippen LogP contribution < -0.4 is 0 Å². The molecular weight excluding hydrogens is 267 g/mol. The molecule has 18 heavy (non-hydrogen) atoms. The first kappa shape index (κ1) is 13.1. The molecule has 0 unspecified atom stereocenters. The number of benzene rings is 2. The van der Waals surface area contributed by atoms with Crippen molar-refractivity contribution in [2.75, 3.05) is 0 Å². The fourth-order valence-corrected chi connectivity index (χ4v) is 2.32. The number of Topliss-reactive ketones (excluding diaryl/α,β-unsaturated/α-hetero) is 1. The zero-order valence-corrected chi connectivity index (χ0v) is 11.4. The molecule has 0 bridgehead atoms. The van der Waals surface area contributed by atoms with Crippen molar-refractivity contribution in [3.63, 3.8) is 0 Å². The van der Waals surface area contributed by atoms with Crippen LogP contribution in [0.3, 0.4) is 0 Å². The van der Waals surface area contributed by atoms with Crippen LogP contribution in [0.4, 0.5) is 0 Å². The van der Waals surface area contributed by atoms with Crippen molar-refractivity contribution in [1.82, 2.24) is 0 Å². The summed E-state index contributed by atoms with van der Waals surface area (Å²) in [5.41, 5.74) is 2.69. The smallest absolute Gasteiger partial charge is 0.167 e. The van der Waals surface area contributed by atoms with Crippen molar-refractivity contribution >= 4 is 29.0 Å². The molecular formula is C15H12Cl2O. The van der Waals surface area contributed by atoms with E-state index in [9.17, 15) is 4.79 Å². The summed E-state index contributed by atoms with van der Waals surface area (Å²) in [5.74, 6) is 0.0219. The van der Waals surface area contributed by atoms with Gasteiger partial charge in [0.05, 0.1) is 0 Å². The van der Waals surface area contributed by atoms with Crippen LogP contribution in [-0.2, 0) is 6.42 Å².